The van der Waals surface area contributed by atoms with Crippen LogP contribution in [0.2, 0.25) is 5.02 Å². The van der Waals surface area contributed by atoms with Crippen LogP contribution in [0.15, 0.2) is 24.3 Å². The number of benzene rings is 1. The summed E-state index contributed by atoms with van der Waals surface area (Å²) >= 11 is 6.13. The van der Waals surface area contributed by atoms with E-state index in [-0.39, 0.29) is 5.96 Å². The largest absolute Gasteiger partial charge is 0.370 e. The number of para-hydroxylation sites is 1. The fourth-order valence-corrected chi connectivity index (χ4v) is 2.15. The molecule has 1 heterocycles. The zero-order valence-corrected chi connectivity index (χ0v) is 9.74. The number of guanidine groups is 1. The number of nitrogens with one attached hydrogen (secondary N) is 1. The molecule has 0 bridgehead atoms. The Morgan fingerprint density at radius 2 is 1.81 bits per heavy atom. The van der Waals surface area contributed by atoms with Gasteiger partial charge in [0.1, 0.15) is 0 Å². The lowest BCUT2D eigenvalue weighted by atomic mass is 10.2. The summed E-state index contributed by atoms with van der Waals surface area (Å²) in [4.78, 5) is 4.09. The minimum atomic E-state index is 0.152. The highest BCUT2D eigenvalue weighted by molar-refractivity contribution is 6.33. The molecule has 5 heteroatoms. The first-order valence-electron chi connectivity index (χ1n) is 5.27. The molecule has 0 spiro atoms. The first-order chi connectivity index (χ1) is 7.68. The van der Waals surface area contributed by atoms with Crippen LogP contribution < -0.4 is 10.6 Å². The van der Waals surface area contributed by atoms with E-state index in [0.717, 1.165) is 36.9 Å². The van der Waals surface area contributed by atoms with Crippen molar-refractivity contribution in [1.82, 2.24) is 4.90 Å². The minimum Gasteiger partial charge on any atom is -0.370 e. The summed E-state index contributed by atoms with van der Waals surface area (Å²) in [5.74, 6) is 0.152. The quantitative estimate of drug-likeness (QED) is 0.574. The first-order valence-corrected chi connectivity index (χ1v) is 5.65. The number of nitrogens with two attached hydrogens (primary N) is 1. The normalized spacial score (nSPS) is 16.3. The number of rotatable bonds is 1. The van der Waals surface area contributed by atoms with E-state index in [1.165, 1.54) is 0 Å². The van der Waals surface area contributed by atoms with Crippen LogP contribution >= 0.6 is 11.6 Å². The summed E-state index contributed by atoms with van der Waals surface area (Å²) < 4.78 is 0. The van der Waals surface area contributed by atoms with Crippen molar-refractivity contribution >= 4 is 23.2 Å². The summed E-state index contributed by atoms with van der Waals surface area (Å²) in [6, 6.07) is 7.83. The van der Waals surface area contributed by atoms with Gasteiger partial charge in [0.2, 0.25) is 0 Å². The van der Waals surface area contributed by atoms with Crippen LogP contribution in [0.1, 0.15) is 0 Å². The highest BCUT2D eigenvalue weighted by Gasteiger charge is 2.18. The number of nitrogens with zero attached hydrogens (tertiary/aromatic N) is 2. The Kier molecular flexibility index (Phi) is 3.19. The lowest BCUT2D eigenvalue weighted by Crippen LogP contribution is -2.50. The average Bonchev–Trinajstić information content (AvgIpc) is 2.30. The molecule has 1 saturated heterocycles. The van der Waals surface area contributed by atoms with Gasteiger partial charge in [0.25, 0.3) is 0 Å². The number of piperazine rings is 1. The summed E-state index contributed by atoms with van der Waals surface area (Å²) in [7, 11) is 0. The van der Waals surface area contributed by atoms with E-state index in [2.05, 4.69) is 4.90 Å². The van der Waals surface area contributed by atoms with E-state index in [1.807, 2.05) is 29.2 Å². The molecule has 4 nitrogen and oxygen atoms in total. The topological polar surface area (TPSA) is 56.4 Å². The lowest BCUT2D eigenvalue weighted by Gasteiger charge is -2.36. The molecule has 3 N–H and O–H groups in total. The number of hydrogen-bond acceptors (Lipinski definition) is 2. The molecule has 1 aliphatic rings. The predicted molar refractivity (Wildman–Crippen MR) is 67.2 cm³/mol. The highest BCUT2D eigenvalue weighted by atomic mass is 35.5. The molecule has 2 rings (SSSR count). The van der Waals surface area contributed by atoms with Crippen LogP contribution in [-0.2, 0) is 0 Å². The summed E-state index contributed by atoms with van der Waals surface area (Å²) in [6.07, 6.45) is 0. The minimum absolute atomic E-state index is 0.152. The van der Waals surface area contributed by atoms with Gasteiger partial charge in [-0.3, -0.25) is 5.41 Å². The second kappa shape index (κ2) is 4.61. The molecule has 1 fully saturated rings. The van der Waals surface area contributed by atoms with E-state index >= 15 is 0 Å². The molecule has 0 amide bonds. The third-order valence-corrected chi connectivity index (χ3v) is 3.13. The van der Waals surface area contributed by atoms with Crippen molar-refractivity contribution in [3.8, 4) is 0 Å². The van der Waals surface area contributed by atoms with Crippen molar-refractivity contribution in [3.05, 3.63) is 29.3 Å². The van der Waals surface area contributed by atoms with Gasteiger partial charge in [-0.25, -0.2) is 0 Å². The smallest absolute Gasteiger partial charge is 0.188 e. The van der Waals surface area contributed by atoms with Crippen LogP contribution in [0.4, 0.5) is 5.69 Å². The van der Waals surface area contributed by atoms with Gasteiger partial charge in [-0.2, -0.15) is 0 Å². The van der Waals surface area contributed by atoms with Gasteiger partial charge >= 0.3 is 0 Å². The molecule has 0 aromatic heterocycles. The molecule has 1 aromatic rings. The van der Waals surface area contributed by atoms with Crippen LogP contribution in [0.5, 0.6) is 0 Å². The molecule has 1 aromatic carbocycles. The van der Waals surface area contributed by atoms with E-state index in [0.29, 0.717) is 0 Å². The van der Waals surface area contributed by atoms with E-state index in [9.17, 15) is 0 Å². The number of anilines is 1. The van der Waals surface area contributed by atoms with Crippen molar-refractivity contribution in [1.29, 1.82) is 5.41 Å². The van der Waals surface area contributed by atoms with Gasteiger partial charge in [0.05, 0.1) is 10.7 Å². The summed E-state index contributed by atoms with van der Waals surface area (Å²) in [6.45, 7) is 3.26. The molecule has 0 aliphatic carbocycles. The molecule has 0 saturated carbocycles. The van der Waals surface area contributed by atoms with Gasteiger partial charge < -0.3 is 15.5 Å². The second-order valence-electron chi connectivity index (χ2n) is 3.81. The molecular weight excluding hydrogens is 224 g/mol. The van der Waals surface area contributed by atoms with Crippen LogP contribution in [0.25, 0.3) is 0 Å². The Morgan fingerprint density at radius 3 is 2.38 bits per heavy atom. The average molecular weight is 239 g/mol. The monoisotopic (exact) mass is 238 g/mol. The third-order valence-electron chi connectivity index (χ3n) is 2.81. The van der Waals surface area contributed by atoms with Crippen LogP contribution in [0.3, 0.4) is 0 Å². The Balaban J connectivity index is 2.05. The molecule has 0 radical (unpaired) electrons. The van der Waals surface area contributed by atoms with Gasteiger partial charge in [-0.05, 0) is 12.1 Å². The molecular formula is C11H15ClN4. The fraction of sp³-hybridized carbons (Fsp3) is 0.364. The zero-order chi connectivity index (χ0) is 11.5. The maximum atomic E-state index is 7.36. The van der Waals surface area contributed by atoms with Crippen LogP contribution in [0, 0.1) is 5.41 Å². The first kappa shape index (κ1) is 11.1. The Hall–Kier alpha value is -1.42. The molecule has 1 aliphatic heterocycles. The standard InChI is InChI=1S/C11H15ClN4/c12-9-3-1-2-4-10(9)15-5-7-16(8-6-15)11(13)14/h1-4H,5-8H2,(H3,13,14). The molecule has 86 valence electrons. The maximum absolute atomic E-state index is 7.36. The predicted octanol–water partition coefficient (Wildman–Crippen LogP) is 1.36. The Labute approximate surface area is 100 Å². The SMILES string of the molecule is N=C(N)N1CCN(c2ccccc2Cl)CC1. The third kappa shape index (κ3) is 2.22. The molecule has 0 unspecified atom stereocenters. The fourth-order valence-electron chi connectivity index (χ4n) is 1.90. The highest BCUT2D eigenvalue weighted by Crippen LogP contribution is 2.25. The van der Waals surface area contributed by atoms with Gasteiger partial charge in [-0.1, -0.05) is 23.7 Å². The maximum Gasteiger partial charge on any atom is 0.188 e. The van der Waals surface area contributed by atoms with Gasteiger partial charge in [-0.15, -0.1) is 0 Å². The van der Waals surface area contributed by atoms with Crippen molar-refractivity contribution in [3.63, 3.8) is 0 Å². The van der Waals surface area contributed by atoms with Crippen molar-refractivity contribution in [2.45, 2.75) is 0 Å². The number of hydrogen-bond donors (Lipinski definition) is 2. The molecule has 0 atom stereocenters. The van der Waals surface area contributed by atoms with E-state index in [4.69, 9.17) is 22.7 Å². The Bertz CT molecular complexity index is 385. The Morgan fingerprint density at radius 1 is 1.19 bits per heavy atom. The van der Waals surface area contributed by atoms with Gasteiger partial charge in [0.15, 0.2) is 5.96 Å². The molecule has 16 heavy (non-hydrogen) atoms. The summed E-state index contributed by atoms with van der Waals surface area (Å²) in [5, 5.41) is 8.14. The lowest BCUT2D eigenvalue weighted by molar-refractivity contribution is 0.380. The van der Waals surface area contributed by atoms with Crippen molar-refractivity contribution in [2.24, 2.45) is 5.73 Å². The van der Waals surface area contributed by atoms with Crippen molar-refractivity contribution in [2.75, 3.05) is 31.1 Å². The summed E-state index contributed by atoms with van der Waals surface area (Å²) in [5.41, 5.74) is 6.51. The van der Waals surface area contributed by atoms with Crippen LogP contribution in [-0.4, -0.2) is 37.0 Å². The number of halogens is 1. The van der Waals surface area contributed by atoms with Crippen molar-refractivity contribution < 1.29 is 0 Å². The zero-order valence-electron chi connectivity index (χ0n) is 8.99. The second-order valence-corrected chi connectivity index (χ2v) is 4.22. The van der Waals surface area contributed by atoms with Gasteiger partial charge in [0, 0.05) is 26.2 Å². The van der Waals surface area contributed by atoms with E-state index in [1.54, 1.807) is 0 Å². The van der Waals surface area contributed by atoms with E-state index < -0.39 is 0 Å².